The van der Waals surface area contributed by atoms with Gasteiger partial charge in [-0.05, 0) is 55.3 Å². The third-order valence-corrected chi connectivity index (χ3v) is 8.18. The maximum atomic E-state index is 13.8. The second kappa shape index (κ2) is 8.80. The smallest absolute Gasteiger partial charge is 0.261 e. The highest BCUT2D eigenvalue weighted by Gasteiger charge is 2.27. The fourth-order valence-electron chi connectivity index (χ4n) is 3.58. The molecule has 0 N–H and O–H groups in total. The SMILES string of the molecule is CCS(=O)(=O)c1ccccc1C(=O)N(Cc1ccccn1)c1nc2cc(C)cc(C)c2s1. The standard InChI is InChI=1S/C24H23N3O3S2/c1-4-32(29,30)21-11-6-5-10-19(21)23(28)27(15-18-9-7-8-12-25-18)24-26-20-14-16(2)13-17(3)22(20)31-24/h5-14H,4,15H2,1-3H3. The van der Waals surface area contributed by atoms with Gasteiger partial charge in [-0.1, -0.05) is 42.5 Å². The predicted molar refractivity (Wildman–Crippen MR) is 128 cm³/mol. The molecule has 4 rings (SSSR count). The summed E-state index contributed by atoms with van der Waals surface area (Å²) in [5, 5.41) is 0.507. The van der Waals surface area contributed by atoms with Crippen LogP contribution in [0.4, 0.5) is 5.13 Å². The maximum Gasteiger partial charge on any atom is 0.261 e. The van der Waals surface area contributed by atoms with Crippen LogP contribution < -0.4 is 4.90 Å². The van der Waals surface area contributed by atoms with Crippen LogP contribution in [0.3, 0.4) is 0 Å². The van der Waals surface area contributed by atoms with Gasteiger partial charge in [-0.15, -0.1) is 0 Å². The van der Waals surface area contributed by atoms with E-state index in [2.05, 4.69) is 11.1 Å². The van der Waals surface area contributed by atoms with Gasteiger partial charge in [0.25, 0.3) is 5.91 Å². The molecule has 0 aliphatic rings. The van der Waals surface area contributed by atoms with Crippen LogP contribution in [-0.2, 0) is 16.4 Å². The third-order valence-electron chi connectivity index (χ3n) is 5.16. The van der Waals surface area contributed by atoms with Gasteiger partial charge in [-0.25, -0.2) is 13.4 Å². The van der Waals surface area contributed by atoms with Gasteiger partial charge < -0.3 is 0 Å². The number of carbonyl (C=O) groups is 1. The Kier molecular flexibility index (Phi) is 6.08. The molecule has 2 heterocycles. The number of thiazole rings is 1. The number of hydrogen-bond donors (Lipinski definition) is 0. The number of benzene rings is 2. The van der Waals surface area contributed by atoms with Crippen molar-refractivity contribution in [3.05, 3.63) is 83.2 Å². The lowest BCUT2D eigenvalue weighted by molar-refractivity contribution is 0.0981. The van der Waals surface area contributed by atoms with E-state index < -0.39 is 15.7 Å². The van der Waals surface area contributed by atoms with Crippen molar-refractivity contribution in [1.29, 1.82) is 0 Å². The van der Waals surface area contributed by atoms with E-state index in [9.17, 15) is 13.2 Å². The summed E-state index contributed by atoms with van der Waals surface area (Å²) in [6.45, 7) is 5.78. The molecule has 6 nitrogen and oxygen atoms in total. The first-order chi connectivity index (χ1) is 15.3. The molecule has 2 aromatic heterocycles. The van der Waals surface area contributed by atoms with Gasteiger partial charge in [0.15, 0.2) is 15.0 Å². The van der Waals surface area contributed by atoms with E-state index in [1.165, 1.54) is 22.3 Å². The minimum atomic E-state index is -3.58. The van der Waals surface area contributed by atoms with Crippen LogP contribution in [0.15, 0.2) is 65.7 Å². The number of hydrogen-bond acceptors (Lipinski definition) is 6. The van der Waals surface area contributed by atoms with Crippen molar-refractivity contribution in [2.24, 2.45) is 0 Å². The van der Waals surface area contributed by atoms with Crippen molar-refractivity contribution < 1.29 is 13.2 Å². The molecule has 0 spiro atoms. The maximum absolute atomic E-state index is 13.8. The molecule has 0 aliphatic carbocycles. The van der Waals surface area contributed by atoms with Crippen LogP contribution in [0.2, 0.25) is 0 Å². The molecule has 0 radical (unpaired) electrons. The normalized spacial score (nSPS) is 11.6. The molecule has 0 saturated carbocycles. The minimum absolute atomic E-state index is 0.0339. The Morgan fingerprint density at radius 2 is 1.81 bits per heavy atom. The average molecular weight is 466 g/mol. The number of nitrogens with zero attached hydrogens (tertiary/aromatic N) is 3. The van der Waals surface area contributed by atoms with Crippen LogP contribution in [-0.4, -0.2) is 30.0 Å². The van der Waals surface area contributed by atoms with E-state index >= 15 is 0 Å². The fourth-order valence-corrected chi connectivity index (χ4v) is 5.68. The molecule has 0 atom stereocenters. The summed E-state index contributed by atoms with van der Waals surface area (Å²) in [6, 6.07) is 15.9. The Bertz CT molecular complexity index is 1400. The molecule has 1 amide bonds. The Hall–Kier alpha value is -3.10. The summed E-state index contributed by atoms with van der Waals surface area (Å²) in [5.74, 6) is -0.506. The van der Waals surface area contributed by atoms with Crippen LogP contribution >= 0.6 is 11.3 Å². The molecule has 0 fully saturated rings. The lowest BCUT2D eigenvalue weighted by atomic mass is 10.1. The molecule has 2 aromatic carbocycles. The first-order valence-electron chi connectivity index (χ1n) is 10.2. The number of sulfone groups is 1. The van der Waals surface area contributed by atoms with Crippen LogP contribution in [0, 0.1) is 13.8 Å². The second-order valence-electron chi connectivity index (χ2n) is 7.54. The summed E-state index contributed by atoms with van der Waals surface area (Å²) < 4.78 is 26.3. The van der Waals surface area contributed by atoms with Crippen LogP contribution in [0.1, 0.15) is 34.1 Å². The van der Waals surface area contributed by atoms with Gasteiger partial charge in [0, 0.05) is 6.20 Å². The summed E-state index contributed by atoms with van der Waals surface area (Å²) in [6.07, 6.45) is 1.67. The van der Waals surface area contributed by atoms with Crippen molar-refractivity contribution in [3.8, 4) is 0 Å². The Morgan fingerprint density at radius 1 is 1.06 bits per heavy atom. The van der Waals surface area contributed by atoms with E-state index in [4.69, 9.17) is 4.98 Å². The van der Waals surface area contributed by atoms with Gasteiger partial charge in [0.2, 0.25) is 0 Å². The zero-order chi connectivity index (χ0) is 22.9. The molecule has 4 aromatic rings. The summed E-state index contributed by atoms with van der Waals surface area (Å²) in [5.41, 5.74) is 3.81. The summed E-state index contributed by atoms with van der Waals surface area (Å²) >= 11 is 1.42. The first kappa shape index (κ1) is 22.1. The van der Waals surface area contributed by atoms with Gasteiger partial charge >= 0.3 is 0 Å². The van der Waals surface area contributed by atoms with E-state index in [-0.39, 0.29) is 22.8 Å². The van der Waals surface area contributed by atoms with E-state index in [0.717, 1.165) is 21.3 Å². The molecular formula is C24H23N3O3S2. The summed E-state index contributed by atoms with van der Waals surface area (Å²) in [7, 11) is -3.58. The first-order valence-corrected chi connectivity index (χ1v) is 12.7. The zero-order valence-corrected chi connectivity index (χ0v) is 19.7. The fraction of sp³-hybridized carbons (Fsp3) is 0.208. The van der Waals surface area contributed by atoms with Crippen molar-refractivity contribution >= 4 is 42.4 Å². The van der Waals surface area contributed by atoms with Gasteiger partial charge in [-0.3, -0.25) is 14.7 Å². The second-order valence-corrected chi connectivity index (χ2v) is 10.8. The molecule has 0 aliphatic heterocycles. The van der Waals surface area contributed by atoms with Crippen molar-refractivity contribution in [1.82, 2.24) is 9.97 Å². The van der Waals surface area contributed by atoms with Crippen LogP contribution in [0.5, 0.6) is 0 Å². The highest BCUT2D eigenvalue weighted by molar-refractivity contribution is 7.91. The predicted octanol–water partition coefficient (Wildman–Crippen LogP) is 4.95. The lowest BCUT2D eigenvalue weighted by Crippen LogP contribution is -2.32. The van der Waals surface area contributed by atoms with E-state index in [1.807, 2.05) is 38.1 Å². The van der Waals surface area contributed by atoms with Crippen molar-refractivity contribution in [3.63, 3.8) is 0 Å². The lowest BCUT2D eigenvalue weighted by Gasteiger charge is -2.21. The minimum Gasteiger partial charge on any atom is -0.278 e. The molecule has 0 bridgehead atoms. The Balaban J connectivity index is 1.86. The summed E-state index contributed by atoms with van der Waals surface area (Å²) in [4.78, 5) is 24.4. The highest BCUT2D eigenvalue weighted by atomic mass is 32.2. The molecule has 0 unspecified atom stereocenters. The van der Waals surface area contributed by atoms with Crippen LogP contribution in [0.25, 0.3) is 10.2 Å². The van der Waals surface area contributed by atoms with Crippen molar-refractivity contribution in [2.45, 2.75) is 32.2 Å². The van der Waals surface area contributed by atoms with Gasteiger partial charge in [0.1, 0.15) is 0 Å². The quantitative estimate of drug-likeness (QED) is 0.403. The number of pyridine rings is 1. The number of amides is 1. The monoisotopic (exact) mass is 465 g/mol. The average Bonchev–Trinajstić information content (AvgIpc) is 3.22. The number of carbonyl (C=O) groups excluding carboxylic acids is 1. The largest absolute Gasteiger partial charge is 0.278 e. The number of rotatable bonds is 6. The van der Waals surface area contributed by atoms with Gasteiger partial charge in [-0.2, -0.15) is 0 Å². The molecule has 164 valence electrons. The Labute approximate surface area is 191 Å². The van der Waals surface area contributed by atoms with E-state index in [1.54, 1.807) is 31.3 Å². The molecule has 32 heavy (non-hydrogen) atoms. The number of anilines is 1. The zero-order valence-electron chi connectivity index (χ0n) is 18.1. The topological polar surface area (TPSA) is 80.2 Å². The van der Waals surface area contributed by atoms with E-state index in [0.29, 0.717) is 10.8 Å². The Morgan fingerprint density at radius 3 is 2.53 bits per heavy atom. The number of aromatic nitrogens is 2. The molecular weight excluding hydrogens is 442 g/mol. The number of aryl methyl sites for hydroxylation is 2. The molecule has 0 saturated heterocycles. The highest BCUT2D eigenvalue weighted by Crippen LogP contribution is 2.34. The van der Waals surface area contributed by atoms with Crippen molar-refractivity contribution in [2.75, 3.05) is 10.7 Å². The molecule has 8 heteroatoms. The third kappa shape index (κ3) is 4.28. The number of fused-ring (bicyclic) bond motifs is 1. The van der Waals surface area contributed by atoms with Gasteiger partial charge in [0.05, 0.1) is 38.7 Å².